The molecule has 2 aliphatic heterocycles. The third kappa shape index (κ3) is 12.7. The quantitative estimate of drug-likeness (QED) is 0.0761. The molecule has 2 aliphatic rings. The molecule has 0 radical (unpaired) electrons. The summed E-state index contributed by atoms with van der Waals surface area (Å²) in [5.41, 5.74) is 3.82. The van der Waals surface area contributed by atoms with E-state index >= 15 is 0 Å². The van der Waals surface area contributed by atoms with Gasteiger partial charge in [-0.1, -0.05) is 121 Å². The summed E-state index contributed by atoms with van der Waals surface area (Å²) in [6.07, 6.45) is -6.59. The van der Waals surface area contributed by atoms with Crippen LogP contribution in [0.5, 0.6) is 0 Å². The van der Waals surface area contributed by atoms with Gasteiger partial charge in [-0.05, 0) is 22.3 Å². The standard InChI is InChI=1S/C48H60O13/c1-34(49)55-27-26-48(59-33-39-41(50-2)43(51-3)45(52-4)47(53-5)60-39)46(58-31-38-24-16-9-17-25-38)44(57-30-37-22-14-8-15-23-37)42(56-29-36-20-12-7-13-21-36)40(61-48)32-54-28-35-18-10-6-11-19-35/h6-25,39-47H,26-33H2,1-5H3/t39-,40-,41-,42+,43+,44+,45-,46-,47+,48+/m1/s1. The van der Waals surface area contributed by atoms with Crippen LogP contribution in [-0.4, -0.2) is 115 Å². The SMILES string of the molecule is CO[C@H]1O[C@H](CO[C@@]2(CCOC(C)=O)O[C@H](COCc3ccccc3)[C@H](OCc3ccccc3)[C@H](OCc3ccccc3)[C@H]2OCc2ccccc2)[C@@H](OC)[C@H](OC)[C@H]1OC. The number of hydrogen-bond acceptors (Lipinski definition) is 13. The Morgan fingerprint density at radius 3 is 1.52 bits per heavy atom. The highest BCUT2D eigenvalue weighted by atomic mass is 16.8. The Labute approximate surface area is 359 Å². The number of benzene rings is 4. The second kappa shape index (κ2) is 23.9. The molecule has 0 aromatic heterocycles. The van der Waals surface area contributed by atoms with Crippen molar-refractivity contribution in [1.82, 2.24) is 0 Å². The summed E-state index contributed by atoms with van der Waals surface area (Å²) in [6.45, 7) is 2.28. The maximum atomic E-state index is 12.3. The first-order chi connectivity index (χ1) is 29.9. The fourth-order valence-electron chi connectivity index (χ4n) is 7.87. The zero-order chi connectivity index (χ0) is 42.9. The zero-order valence-electron chi connectivity index (χ0n) is 35.7. The Morgan fingerprint density at radius 1 is 0.541 bits per heavy atom. The second-order valence-corrected chi connectivity index (χ2v) is 15.0. The first-order valence-corrected chi connectivity index (χ1v) is 20.7. The molecule has 13 nitrogen and oxygen atoms in total. The number of esters is 1. The monoisotopic (exact) mass is 844 g/mol. The van der Waals surface area contributed by atoms with Crippen molar-refractivity contribution in [2.75, 3.05) is 48.3 Å². The molecule has 4 aromatic rings. The molecule has 61 heavy (non-hydrogen) atoms. The Balaban J connectivity index is 1.43. The van der Waals surface area contributed by atoms with Crippen molar-refractivity contribution in [3.63, 3.8) is 0 Å². The number of rotatable bonds is 23. The molecule has 2 saturated heterocycles. The van der Waals surface area contributed by atoms with Gasteiger partial charge in [0.05, 0.1) is 46.2 Å². The van der Waals surface area contributed by atoms with Crippen molar-refractivity contribution < 1.29 is 61.6 Å². The van der Waals surface area contributed by atoms with Gasteiger partial charge in [0.15, 0.2) is 6.29 Å². The molecule has 4 aromatic carbocycles. The third-order valence-electron chi connectivity index (χ3n) is 10.9. The van der Waals surface area contributed by atoms with Crippen LogP contribution in [0.3, 0.4) is 0 Å². The van der Waals surface area contributed by atoms with Gasteiger partial charge in [0.1, 0.15) is 48.8 Å². The molecule has 13 heteroatoms. The molecule has 0 saturated carbocycles. The van der Waals surface area contributed by atoms with Crippen molar-refractivity contribution in [3.05, 3.63) is 144 Å². The van der Waals surface area contributed by atoms with Gasteiger partial charge in [-0.15, -0.1) is 0 Å². The number of hydrogen-bond donors (Lipinski definition) is 0. The van der Waals surface area contributed by atoms with Gasteiger partial charge in [-0.2, -0.15) is 0 Å². The van der Waals surface area contributed by atoms with E-state index in [9.17, 15) is 4.79 Å². The topological polar surface area (TPSA) is 128 Å². The van der Waals surface area contributed by atoms with Crippen LogP contribution in [0.15, 0.2) is 121 Å². The van der Waals surface area contributed by atoms with Crippen molar-refractivity contribution in [1.29, 1.82) is 0 Å². The number of ether oxygens (including phenoxy) is 12. The zero-order valence-corrected chi connectivity index (χ0v) is 35.7. The molecular formula is C48H60O13. The largest absolute Gasteiger partial charge is 0.466 e. The van der Waals surface area contributed by atoms with Crippen LogP contribution >= 0.6 is 0 Å². The van der Waals surface area contributed by atoms with Gasteiger partial charge in [-0.3, -0.25) is 4.79 Å². The van der Waals surface area contributed by atoms with Crippen molar-refractivity contribution >= 4 is 5.97 Å². The highest BCUT2D eigenvalue weighted by molar-refractivity contribution is 5.65. The highest BCUT2D eigenvalue weighted by Crippen LogP contribution is 2.41. The van der Waals surface area contributed by atoms with Crippen LogP contribution < -0.4 is 0 Å². The maximum Gasteiger partial charge on any atom is 0.302 e. The Kier molecular flexibility index (Phi) is 18.2. The van der Waals surface area contributed by atoms with E-state index in [2.05, 4.69) is 0 Å². The summed E-state index contributed by atoms with van der Waals surface area (Å²) in [6, 6.07) is 39.5. The molecule has 2 fully saturated rings. The summed E-state index contributed by atoms with van der Waals surface area (Å²) in [5, 5.41) is 0. The van der Waals surface area contributed by atoms with Crippen LogP contribution in [0.2, 0.25) is 0 Å². The van der Waals surface area contributed by atoms with Crippen LogP contribution in [0, 0.1) is 0 Å². The molecular weight excluding hydrogens is 785 g/mol. The van der Waals surface area contributed by atoms with E-state index in [1.807, 2.05) is 121 Å². The minimum atomic E-state index is -1.64. The van der Waals surface area contributed by atoms with Crippen molar-refractivity contribution in [3.8, 4) is 0 Å². The van der Waals surface area contributed by atoms with E-state index in [1.165, 1.54) is 14.0 Å². The lowest BCUT2D eigenvalue weighted by molar-refractivity contribution is -0.395. The van der Waals surface area contributed by atoms with E-state index in [1.54, 1.807) is 21.3 Å². The van der Waals surface area contributed by atoms with Gasteiger partial charge >= 0.3 is 5.97 Å². The average molecular weight is 845 g/mol. The highest BCUT2D eigenvalue weighted by Gasteiger charge is 2.59. The van der Waals surface area contributed by atoms with E-state index in [0.717, 1.165) is 22.3 Å². The molecule has 0 unspecified atom stereocenters. The van der Waals surface area contributed by atoms with Crippen LogP contribution in [-0.2, 0) is 88.1 Å². The molecule has 0 aliphatic carbocycles. The molecule has 10 atom stereocenters. The number of carbonyl (C=O) groups is 1. The minimum absolute atomic E-state index is 0.0459. The van der Waals surface area contributed by atoms with Gasteiger partial charge in [-0.25, -0.2) is 0 Å². The van der Waals surface area contributed by atoms with Gasteiger partial charge in [0, 0.05) is 41.8 Å². The molecule has 6 rings (SSSR count). The average Bonchev–Trinajstić information content (AvgIpc) is 3.30. The molecule has 0 spiro atoms. The van der Waals surface area contributed by atoms with Crippen LogP contribution in [0.25, 0.3) is 0 Å². The van der Waals surface area contributed by atoms with E-state index in [-0.39, 0.29) is 46.1 Å². The number of methoxy groups -OCH3 is 4. The Morgan fingerprint density at radius 2 is 1.03 bits per heavy atom. The summed E-state index contributed by atoms with van der Waals surface area (Å²) in [4.78, 5) is 12.3. The van der Waals surface area contributed by atoms with Crippen LogP contribution in [0.4, 0.5) is 0 Å². The first-order valence-electron chi connectivity index (χ1n) is 20.7. The van der Waals surface area contributed by atoms with Gasteiger partial charge in [0.25, 0.3) is 0 Å². The van der Waals surface area contributed by atoms with Gasteiger partial charge < -0.3 is 56.8 Å². The molecule has 330 valence electrons. The van der Waals surface area contributed by atoms with Gasteiger partial charge in [0.2, 0.25) is 5.79 Å². The summed E-state index contributed by atoms with van der Waals surface area (Å²) >= 11 is 0. The fourth-order valence-corrected chi connectivity index (χ4v) is 7.87. The Hall–Kier alpha value is -4.09. The molecule has 0 amide bonds. The molecule has 0 N–H and O–H groups in total. The molecule has 2 heterocycles. The predicted octanol–water partition coefficient (Wildman–Crippen LogP) is 6.44. The lowest BCUT2D eigenvalue weighted by Crippen LogP contribution is -2.69. The normalized spacial score (nSPS) is 27.7. The number of carbonyl (C=O) groups excluding carboxylic acids is 1. The second-order valence-electron chi connectivity index (χ2n) is 15.0. The van der Waals surface area contributed by atoms with E-state index < -0.39 is 66.9 Å². The summed E-state index contributed by atoms with van der Waals surface area (Å²) in [5.74, 6) is -2.09. The predicted molar refractivity (Wildman–Crippen MR) is 224 cm³/mol. The fraction of sp³-hybridized carbons (Fsp3) is 0.479. The van der Waals surface area contributed by atoms with Crippen molar-refractivity contribution in [2.24, 2.45) is 0 Å². The van der Waals surface area contributed by atoms with E-state index in [4.69, 9.17) is 56.8 Å². The van der Waals surface area contributed by atoms with Crippen molar-refractivity contribution in [2.45, 2.75) is 101 Å². The van der Waals surface area contributed by atoms with E-state index in [0.29, 0.717) is 6.61 Å². The summed E-state index contributed by atoms with van der Waals surface area (Å²) < 4.78 is 77.1. The smallest absolute Gasteiger partial charge is 0.302 e. The van der Waals surface area contributed by atoms with Crippen LogP contribution in [0.1, 0.15) is 35.6 Å². The minimum Gasteiger partial charge on any atom is -0.466 e. The maximum absolute atomic E-state index is 12.3. The first kappa shape index (κ1) is 46.4. The lowest BCUT2D eigenvalue weighted by Gasteiger charge is -2.53. The third-order valence-corrected chi connectivity index (χ3v) is 10.9. The summed E-state index contributed by atoms with van der Waals surface area (Å²) in [7, 11) is 6.27. The Bertz CT molecular complexity index is 1820. The molecule has 0 bridgehead atoms. The lowest BCUT2D eigenvalue weighted by atomic mass is 9.89.